The van der Waals surface area contributed by atoms with Crippen LogP contribution in [-0.4, -0.2) is 35.0 Å². The van der Waals surface area contributed by atoms with E-state index >= 15 is 0 Å². The average molecular weight is 391 g/mol. The number of nitrogens with zero attached hydrogens (tertiary/aromatic N) is 2. The van der Waals surface area contributed by atoms with Crippen LogP contribution in [0.5, 0.6) is 5.88 Å². The zero-order valence-electron chi connectivity index (χ0n) is 11.5. The summed E-state index contributed by atoms with van der Waals surface area (Å²) in [7, 11) is 0. The highest BCUT2D eigenvalue weighted by molar-refractivity contribution is 9.10. The second-order valence-electron chi connectivity index (χ2n) is 4.91. The Balaban J connectivity index is 1.62. The molecule has 0 unspecified atom stereocenters. The molecular weight excluding hydrogens is 381 g/mol. The van der Waals surface area contributed by atoms with E-state index in [0.717, 1.165) is 6.07 Å². The van der Waals surface area contributed by atoms with Crippen LogP contribution in [0.15, 0.2) is 39.5 Å². The second-order valence-corrected chi connectivity index (χ2v) is 5.69. The number of ether oxygens (including phenoxy) is 1. The van der Waals surface area contributed by atoms with Crippen LogP contribution in [0, 0.1) is 0 Å². The fourth-order valence-electron chi connectivity index (χ4n) is 2.12. The van der Waals surface area contributed by atoms with Crippen molar-refractivity contribution in [1.29, 1.82) is 0 Å². The number of halogens is 4. The Bertz CT molecular complexity index is 726. The molecule has 0 aromatic carbocycles. The van der Waals surface area contributed by atoms with Gasteiger partial charge in [0.05, 0.1) is 13.1 Å². The van der Waals surface area contributed by atoms with Crippen LogP contribution in [0.2, 0.25) is 0 Å². The molecule has 1 amide bonds. The van der Waals surface area contributed by atoms with Crippen molar-refractivity contribution in [2.45, 2.75) is 12.3 Å². The molecule has 122 valence electrons. The van der Waals surface area contributed by atoms with Crippen molar-refractivity contribution in [3.05, 3.63) is 46.5 Å². The number of pyridine rings is 1. The SMILES string of the molecule is O=C(c1ccc(Br)o1)N1CC(Oc2ncccc2C(F)(F)F)C1. The first-order chi connectivity index (χ1) is 10.8. The van der Waals surface area contributed by atoms with Gasteiger partial charge in [0.15, 0.2) is 10.4 Å². The minimum Gasteiger partial charge on any atom is -0.470 e. The van der Waals surface area contributed by atoms with Gasteiger partial charge in [-0.2, -0.15) is 13.2 Å². The normalized spacial score (nSPS) is 15.4. The Morgan fingerprint density at radius 3 is 2.70 bits per heavy atom. The van der Waals surface area contributed by atoms with Gasteiger partial charge in [-0.25, -0.2) is 4.98 Å². The summed E-state index contributed by atoms with van der Waals surface area (Å²) in [6.07, 6.45) is -3.84. The summed E-state index contributed by atoms with van der Waals surface area (Å²) in [6, 6.07) is 5.21. The van der Waals surface area contributed by atoms with Gasteiger partial charge < -0.3 is 14.1 Å². The first kappa shape index (κ1) is 15.9. The molecule has 0 saturated carbocycles. The number of furan rings is 1. The Labute approximate surface area is 137 Å². The number of aromatic nitrogens is 1. The lowest BCUT2D eigenvalue weighted by Gasteiger charge is -2.38. The molecule has 0 spiro atoms. The van der Waals surface area contributed by atoms with Crippen molar-refractivity contribution in [2.24, 2.45) is 0 Å². The molecule has 5 nitrogen and oxygen atoms in total. The smallest absolute Gasteiger partial charge is 0.421 e. The molecular formula is C14H10BrF3N2O3. The number of likely N-dealkylation sites (tertiary alicyclic amines) is 1. The summed E-state index contributed by atoms with van der Waals surface area (Å²) in [6.45, 7) is 0.343. The number of carbonyl (C=O) groups is 1. The number of rotatable bonds is 3. The van der Waals surface area contributed by atoms with Gasteiger partial charge in [-0.05, 0) is 40.2 Å². The van der Waals surface area contributed by atoms with Gasteiger partial charge >= 0.3 is 6.18 Å². The van der Waals surface area contributed by atoms with E-state index in [0.29, 0.717) is 4.67 Å². The first-order valence-corrected chi connectivity index (χ1v) is 7.37. The molecule has 1 aliphatic heterocycles. The minimum absolute atomic E-state index is 0.157. The maximum Gasteiger partial charge on any atom is 0.421 e. The number of amides is 1. The fourth-order valence-corrected chi connectivity index (χ4v) is 2.43. The summed E-state index contributed by atoms with van der Waals surface area (Å²) in [5, 5.41) is 0. The van der Waals surface area contributed by atoms with Gasteiger partial charge in [0.1, 0.15) is 11.7 Å². The van der Waals surface area contributed by atoms with Gasteiger partial charge in [-0.15, -0.1) is 0 Å². The van der Waals surface area contributed by atoms with Gasteiger partial charge in [-0.1, -0.05) is 0 Å². The minimum atomic E-state index is -4.54. The summed E-state index contributed by atoms with van der Waals surface area (Å²) < 4.78 is 49.4. The number of hydrogen-bond acceptors (Lipinski definition) is 4. The summed E-state index contributed by atoms with van der Waals surface area (Å²) >= 11 is 3.10. The predicted molar refractivity (Wildman–Crippen MR) is 76.0 cm³/mol. The van der Waals surface area contributed by atoms with Crippen LogP contribution >= 0.6 is 15.9 Å². The van der Waals surface area contributed by atoms with E-state index in [9.17, 15) is 18.0 Å². The predicted octanol–water partition coefficient (Wildman–Crippen LogP) is 3.36. The topological polar surface area (TPSA) is 55.6 Å². The Morgan fingerprint density at radius 2 is 2.09 bits per heavy atom. The maximum atomic E-state index is 12.8. The van der Waals surface area contributed by atoms with E-state index in [1.54, 1.807) is 6.07 Å². The molecule has 0 N–H and O–H groups in total. The molecule has 2 aromatic rings. The Hall–Kier alpha value is -2.03. The van der Waals surface area contributed by atoms with Crippen molar-refractivity contribution < 1.29 is 27.1 Å². The van der Waals surface area contributed by atoms with Crippen molar-refractivity contribution in [3.63, 3.8) is 0 Å². The molecule has 3 heterocycles. The van der Waals surface area contributed by atoms with Crippen molar-refractivity contribution >= 4 is 21.8 Å². The molecule has 23 heavy (non-hydrogen) atoms. The lowest BCUT2D eigenvalue weighted by Crippen LogP contribution is -2.56. The first-order valence-electron chi connectivity index (χ1n) is 6.58. The molecule has 9 heteroatoms. The Morgan fingerprint density at radius 1 is 1.35 bits per heavy atom. The zero-order chi connectivity index (χ0) is 16.6. The standard InChI is InChI=1S/C14H10BrF3N2O3/c15-11-4-3-10(23-11)13(21)20-6-8(7-20)22-12-9(14(16,17)18)2-1-5-19-12/h1-5,8H,6-7H2. The van der Waals surface area contributed by atoms with E-state index < -0.39 is 23.7 Å². The highest BCUT2D eigenvalue weighted by Gasteiger charge is 2.39. The number of carbonyl (C=O) groups excluding carboxylic acids is 1. The summed E-state index contributed by atoms with van der Waals surface area (Å²) in [5.74, 6) is -0.658. The number of hydrogen-bond donors (Lipinski definition) is 0. The molecule has 0 atom stereocenters. The molecule has 1 fully saturated rings. The van der Waals surface area contributed by atoms with Crippen molar-refractivity contribution in [3.8, 4) is 5.88 Å². The number of alkyl halides is 3. The molecule has 0 radical (unpaired) electrons. The third-order valence-electron chi connectivity index (χ3n) is 3.27. The molecule has 1 saturated heterocycles. The Kier molecular flexibility index (Phi) is 4.05. The van der Waals surface area contributed by atoms with Crippen LogP contribution in [0.25, 0.3) is 0 Å². The van der Waals surface area contributed by atoms with E-state index in [4.69, 9.17) is 9.15 Å². The quantitative estimate of drug-likeness (QED) is 0.806. The van der Waals surface area contributed by atoms with Crippen LogP contribution in [-0.2, 0) is 6.18 Å². The van der Waals surface area contributed by atoms with Crippen LogP contribution in [0.3, 0.4) is 0 Å². The molecule has 1 aliphatic rings. The van der Waals surface area contributed by atoms with Gasteiger partial charge in [0.25, 0.3) is 5.91 Å². The highest BCUT2D eigenvalue weighted by atomic mass is 79.9. The average Bonchev–Trinajstić information content (AvgIpc) is 2.88. The van der Waals surface area contributed by atoms with E-state index in [2.05, 4.69) is 20.9 Å². The largest absolute Gasteiger partial charge is 0.470 e. The van der Waals surface area contributed by atoms with E-state index in [1.165, 1.54) is 23.2 Å². The monoisotopic (exact) mass is 390 g/mol. The summed E-state index contributed by atoms with van der Waals surface area (Å²) in [5.41, 5.74) is -0.931. The molecule has 2 aromatic heterocycles. The highest BCUT2D eigenvalue weighted by Crippen LogP contribution is 2.35. The van der Waals surface area contributed by atoms with Crippen molar-refractivity contribution in [1.82, 2.24) is 9.88 Å². The molecule has 0 bridgehead atoms. The van der Waals surface area contributed by atoms with Crippen LogP contribution < -0.4 is 4.74 Å². The third kappa shape index (κ3) is 3.34. The van der Waals surface area contributed by atoms with E-state index in [1.807, 2.05) is 0 Å². The molecule has 0 aliphatic carbocycles. The van der Waals surface area contributed by atoms with Crippen LogP contribution in [0.4, 0.5) is 13.2 Å². The van der Waals surface area contributed by atoms with Crippen molar-refractivity contribution in [2.75, 3.05) is 13.1 Å². The lowest BCUT2D eigenvalue weighted by atomic mass is 10.1. The zero-order valence-corrected chi connectivity index (χ0v) is 13.1. The fraction of sp³-hybridized carbons (Fsp3) is 0.286. The third-order valence-corrected chi connectivity index (χ3v) is 3.70. The summed E-state index contributed by atoms with van der Waals surface area (Å²) in [4.78, 5) is 17.1. The van der Waals surface area contributed by atoms with Crippen LogP contribution in [0.1, 0.15) is 16.1 Å². The molecule has 3 rings (SSSR count). The van der Waals surface area contributed by atoms with E-state index in [-0.39, 0.29) is 24.8 Å². The second kappa shape index (κ2) is 5.88. The van der Waals surface area contributed by atoms with Gasteiger partial charge in [-0.3, -0.25) is 4.79 Å². The van der Waals surface area contributed by atoms with Gasteiger partial charge in [0.2, 0.25) is 5.88 Å². The lowest BCUT2D eigenvalue weighted by molar-refractivity contribution is -0.140. The van der Waals surface area contributed by atoms with Gasteiger partial charge in [0, 0.05) is 6.20 Å². The maximum absolute atomic E-state index is 12.8.